The third kappa shape index (κ3) is 2.72. The topological polar surface area (TPSA) is 50.3 Å². The second-order valence-electron chi connectivity index (χ2n) is 4.63. The lowest BCUT2D eigenvalue weighted by atomic mass is 10.1. The molecule has 1 fully saturated rings. The van der Waals surface area contributed by atoms with Crippen LogP contribution in [0.2, 0.25) is 0 Å². The van der Waals surface area contributed by atoms with Crippen LogP contribution in [0.15, 0.2) is 6.33 Å². The Morgan fingerprint density at radius 2 is 2.33 bits per heavy atom. The van der Waals surface area contributed by atoms with E-state index in [1.165, 1.54) is 12.8 Å². The lowest BCUT2D eigenvalue weighted by Crippen LogP contribution is -2.45. The van der Waals surface area contributed by atoms with Crippen molar-refractivity contribution in [1.29, 1.82) is 0 Å². The van der Waals surface area contributed by atoms with Gasteiger partial charge in [0.15, 0.2) is 0 Å². The van der Waals surface area contributed by atoms with Gasteiger partial charge in [0.2, 0.25) is 5.88 Å². The summed E-state index contributed by atoms with van der Waals surface area (Å²) in [5.41, 5.74) is 1.04. The molecule has 1 saturated heterocycles. The van der Waals surface area contributed by atoms with E-state index in [0.29, 0.717) is 18.5 Å². The van der Waals surface area contributed by atoms with Crippen molar-refractivity contribution < 1.29 is 4.74 Å². The Kier molecular flexibility index (Phi) is 4.36. The smallest absolute Gasteiger partial charge is 0.221 e. The maximum absolute atomic E-state index is 5.53. The first kappa shape index (κ1) is 13.1. The SMILES string of the molecule is CCOc1ncnc(N2CCCC(NC)C2)c1C. The van der Waals surface area contributed by atoms with Crippen LogP contribution in [0.3, 0.4) is 0 Å². The van der Waals surface area contributed by atoms with E-state index in [1.54, 1.807) is 6.33 Å². The highest BCUT2D eigenvalue weighted by atomic mass is 16.5. The predicted octanol–water partition coefficient (Wildman–Crippen LogP) is 1.37. The van der Waals surface area contributed by atoms with E-state index in [9.17, 15) is 0 Å². The lowest BCUT2D eigenvalue weighted by Gasteiger charge is -2.34. The summed E-state index contributed by atoms with van der Waals surface area (Å²) in [6.45, 7) is 6.69. The second-order valence-corrected chi connectivity index (χ2v) is 4.63. The standard InChI is InChI=1S/C13H22N4O/c1-4-18-13-10(2)12(15-9-16-13)17-7-5-6-11(8-17)14-3/h9,11,14H,4-8H2,1-3H3. The molecule has 0 radical (unpaired) electrons. The summed E-state index contributed by atoms with van der Waals surface area (Å²) in [6, 6.07) is 0.545. The zero-order valence-corrected chi connectivity index (χ0v) is 11.4. The summed E-state index contributed by atoms with van der Waals surface area (Å²) in [5.74, 6) is 1.71. The molecule has 18 heavy (non-hydrogen) atoms. The normalized spacial score (nSPS) is 19.9. The largest absolute Gasteiger partial charge is 0.478 e. The number of rotatable bonds is 4. The molecule has 0 amide bonds. The number of likely N-dealkylation sites (N-methyl/N-ethyl adjacent to an activating group) is 1. The summed E-state index contributed by atoms with van der Waals surface area (Å²) in [5, 5.41) is 3.35. The summed E-state index contributed by atoms with van der Waals surface area (Å²) < 4.78 is 5.53. The Hall–Kier alpha value is -1.36. The predicted molar refractivity (Wildman–Crippen MR) is 72.2 cm³/mol. The minimum Gasteiger partial charge on any atom is -0.478 e. The fraction of sp³-hybridized carbons (Fsp3) is 0.692. The van der Waals surface area contributed by atoms with Crippen LogP contribution in [0.5, 0.6) is 5.88 Å². The van der Waals surface area contributed by atoms with Gasteiger partial charge < -0.3 is 15.0 Å². The zero-order chi connectivity index (χ0) is 13.0. The number of hydrogen-bond acceptors (Lipinski definition) is 5. The van der Waals surface area contributed by atoms with Gasteiger partial charge in [-0.1, -0.05) is 0 Å². The molecular formula is C13H22N4O. The molecule has 5 nitrogen and oxygen atoms in total. The van der Waals surface area contributed by atoms with E-state index in [0.717, 1.165) is 24.5 Å². The van der Waals surface area contributed by atoms with Crippen LogP contribution in [0, 0.1) is 6.92 Å². The molecule has 1 N–H and O–H groups in total. The van der Waals surface area contributed by atoms with Crippen LogP contribution < -0.4 is 15.0 Å². The van der Waals surface area contributed by atoms with E-state index in [-0.39, 0.29) is 0 Å². The van der Waals surface area contributed by atoms with Crippen molar-refractivity contribution in [3.63, 3.8) is 0 Å². The van der Waals surface area contributed by atoms with E-state index >= 15 is 0 Å². The highest BCUT2D eigenvalue weighted by molar-refractivity contribution is 5.50. The van der Waals surface area contributed by atoms with Crippen LogP contribution in [0.25, 0.3) is 0 Å². The van der Waals surface area contributed by atoms with Crippen LogP contribution in [0.4, 0.5) is 5.82 Å². The number of nitrogens with one attached hydrogen (secondary N) is 1. The van der Waals surface area contributed by atoms with E-state index in [2.05, 4.69) is 20.2 Å². The second kappa shape index (κ2) is 6.00. The number of anilines is 1. The van der Waals surface area contributed by atoms with Crippen LogP contribution in [0.1, 0.15) is 25.3 Å². The molecule has 1 aliphatic rings. The molecule has 0 bridgehead atoms. The Morgan fingerprint density at radius 1 is 1.50 bits per heavy atom. The van der Waals surface area contributed by atoms with Crippen LogP contribution in [-0.4, -0.2) is 42.8 Å². The Labute approximate surface area is 109 Å². The highest BCUT2D eigenvalue weighted by Crippen LogP contribution is 2.26. The maximum Gasteiger partial charge on any atom is 0.221 e. The zero-order valence-electron chi connectivity index (χ0n) is 11.4. The van der Waals surface area contributed by atoms with Gasteiger partial charge in [0.05, 0.1) is 12.2 Å². The van der Waals surface area contributed by atoms with Gasteiger partial charge in [-0.25, -0.2) is 9.97 Å². The van der Waals surface area contributed by atoms with Crippen molar-refractivity contribution in [3.05, 3.63) is 11.9 Å². The third-order valence-electron chi connectivity index (χ3n) is 3.42. The molecule has 100 valence electrons. The Bertz CT molecular complexity index is 397. The van der Waals surface area contributed by atoms with Crippen molar-refractivity contribution in [1.82, 2.24) is 15.3 Å². The maximum atomic E-state index is 5.53. The van der Waals surface area contributed by atoms with Gasteiger partial charge in [-0.2, -0.15) is 0 Å². The van der Waals surface area contributed by atoms with Gasteiger partial charge in [-0.3, -0.25) is 0 Å². The van der Waals surface area contributed by atoms with Gasteiger partial charge >= 0.3 is 0 Å². The summed E-state index contributed by atoms with van der Waals surface area (Å²) in [6.07, 6.45) is 4.02. The molecule has 1 aromatic rings. The van der Waals surface area contributed by atoms with Gasteiger partial charge in [-0.15, -0.1) is 0 Å². The van der Waals surface area contributed by atoms with Crippen molar-refractivity contribution in [2.75, 3.05) is 31.6 Å². The number of ether oxygens (including phenoxy) is 1. The van der Waals surface area contributed by atoms with Crippen molar-refractivity contribution in [2.24, 2.45) is 0 Å². The molecule has 1 aromatic heterocycles. The third-order valence-corrected chi connectivity index (χ3v) is 3.42. The van der Waals surface area contributed by atoms with E-state index in [4.69, 9.17) is 4.74 Å². The molecule has 5 heteroatoms. The summed E-state index contributed by atoms with van der Waals surface area (Å²) >= 11 is 0. The molecule has 2 rings (SSSR count). The summed E-state index contributed by atoms with van der Waals surface area (Å²) in [7, 11) is 2.02. The average Bonchev–Trinajstić information content (AvgIpc) is 2.41. The van der Waals surface area contributed by atoms with Gasteiger partial charge in [0.1, 0.15) is 12.1 Å². The Morgan fingerprint density at radius 3 is 3.06 bits per heavy atom. The number of aromatic nitrogens is 2. The first-order valence-electron chi connectivity index (χ1n) is 6.62. The molecule has 1 aliphatic heterocycles. The van der Waals surface area contributed by atoms with Gasteiger partial charge in [0.25, 0.3) is 0 Å². The molecule has 0 aliphatic carbocycles. The van der Waals surface area contributed by atoms with Crippen molar-refractivity contribution in [3.8, 4) is 5.88 Å². The number of nitrogens with zero attached hydrogens (tertiary/aromatic N) is 3. The molecule has 0 spiro atoms. The molecule has 1 atom stereocenters. The fourth-order valence-electron chi connectivity index (χ4n) is 2.43. The van der Waals surface area contributed by atoms with Crippen molar-refractivity contribution >= 4 is 5.82 Å². The number of piperidine rings is 1. The highest BCUT2D eigenvalue weighted by Gasteiger charge is 2.22. The van der Waals surface area contributed by atoms with E-state index < -0.39 is 0 Å². The Balaban J connectivity index is 2.19. The quantitative estimate of drug-likeness (QED) is 0.874. The van der Waals surface area contributed by atoms with Crippen LogP contribution >= 0.6 is 0 Å². The average molecular weight is 250 g/mol. The molecule has 2 heterocycles. The minimum atomic E-state index is 0.545. The molecular weight excluding hydrogens is 228 g/mol. The fourth-order valence-corrected chi connectivity index (χ4v) is 2.43. The van der Waals surface area contributed by atoms with E-state index in [1.807, 2.05) is 20.9 Å². The van der Waals surface area contributed by atoms with Gasteiger partial charge in [-0.05, 0) is 33.7 Å². The first-order valence-corrected chi connectivity index (χ1v) is 6.62. The first-order chi connectivity index (χ1) is 8.76. The van der Waals surface area contributed by atoms with Gasteiger partial charge in [0, 0.05) is 19.1 Å². The van der Waals surface area contributed by atoms with Crippen LogP contribution in [-0.2, 0) is 0 Å². The molecule has 1 unspecified atom stereocenters. The monoisotopic (exact) mass is 250 g/mol. The lowest BCUT2D eigenvalue weighted by molar-refractivity contribution is 0.323. The van der Waals surface area contributed by atoms with Crippen molar-refractivity contribution in [2.45, 2.75) is 32.7 Å². The molecule has 0 saturated carbocycles. The minimum absolute atomic E-state index is 0.545. The molecule has 0 aromatic carbocycles. The number of hydrogen-bond donors (Lipinski definition) is 1. The summed E-state index contributed by atoms with van der Waals surface area (Å²) in [4.78, 5) is 10.9.